The molecule has 27 heavy (non-hydrogen) atoms. The first-order valence-electron chi connectivity index (χ1n) is 9.07. The predicted molar refractivity (Wildman–Crippen MR) is 108 cm³/mol. The van der Waals surface area contributed by atoms with Crippen LogP contribution in [-0.2, 0) is 17.8 Å². The van der Waals surface area contributed by atoms with Crippen LogP contribution in [0.1, 0.15) is 31.0 Å². The molecular formula is C19H20ClN5OS. The molecule has 3 aromatic rings. The van der Waals surface area contributed by atoms with Crippen molar-refractivity contribution in [3.8, 4) is 0 Å². The van der Waals surface area contributed by atoms with E-state index in [4.69, 9.17) is 11.6 Å². The summed E-state index contributed by atoms with van der Waals surface area (Å²) in [6.07, 6.45) is 2.55. The lowest BCUT2D eigenvalue weighted by molar-refractivity contribution is -0.122. The monoisotopic (exact) mass is 401 g/mol. The van der Waals surface area contributed by atoms with E-state index < -0.39 is 0 Å². The highest BCUT2D eigenvalue weighted by Gasteiger charge is 2.33. The maximum Gasteiger partial charge on any atom is 0.243 e. The SMILES string of the molecule is CCc1nc(Cl)nc2nc(N3CCC[C@@H]3C(=O)NCc3ccccc3)sc12. The van der Waals surface area contributed by atoms with Crippen molar-refractivity contribution in [3.63, 3.8) is 0 Å². The smallest absolute Gasteiger partial charge is 0.243 e. The summed E-state index contributed by atoms with van der Waals surface area (Å²) in [5.41, 5.74) is 2.60. The number of aromatic nitrogens is 3. The van der Waals surface area contributed by atoms with Crippen LogP contribution in [0.4, 0.5) is 5.13 Å². The Morgan fingerprint density at radius 3 is 2.89 bits per heavy atom. The van der Waals surface area contributed by atoms with Gasteiger partial charge in [0.1, 0.15) is 6.04 Å². The van der Waals surface area contributed by atoms with Crippen LogP contribution < -0.4 is 10.2 Å². The number of aryl methyl sites for hydroxylation is 1. The summed E-state index contributed by atoms with van der Waals surface area (Å²) < 4.78 is 0.951. The van der Waals surface area contributed by atoms with Crippen molar-refractivity contribution in [2.45, 2.75) is 38.8 Å². The number of thiazole rings is 1. The van der Waals surface area contributed by atoms with Crippen molar-refractivity contribution in [1.29, 1.82) is 0 Å². The number of carbonyl (C=O) groups is 1. The van der Waals surface area contributed by atoms with E-state index in [1.165, 1.54) is 0 Å². The van der Waals surface area contributed by atoms with Gasteiger partial charge in [-0.15, -0.1) is 0 Å². The molecule has 3 heterocycles. The lowest BCUT2D eigenvalue weighted by Crippen LogP contribution is -2.43. The van der Waals surface area contributed by atoms with E-state index >= 15 is 0 Å². The Balaban J connectivity index is 1.54. The molecule has 140 valence electrons. The van der Waals surface area contributed by atoms with E-state index in [0.29, 0.717) is 12.2 Å². The molecule has 1 aromatic carbocycles. The Morgan fingerprint density at radius 2 is 2.11 bits per heavy atom. The number of carbonyl (C=O) groups excluding carboxylic acids is 1. The van der Waals surface area contributed by atoms with Gasteiger partial charge in [0.15, 0.2) is 10.8 Å². The molecule has 0 bridgehead atoms. The molecule has 0 radical (unpaired) electrons. The van der Waals surface area contributed by atoms with Gasteiger partial charge in [0.2, 0.25) is 11.2 Å². The molecule has 2 aromatic heterocycles. The largest absolute Gasteiger partial charge is 0.350 e. The van der Waals surface area contributed by atoms with Crippen molar-refractivity contribution in [2.75, 3.05) is 11.4 Å². The van der Waals surface area contributed by atoms with Crippen molar-refractivity contribution in [3.05, 3.63) is 46.9 Å². The third-order valence-electron chi connectivity index (χ3n) is 4.73. The van der Waals surface area contributed by atoms with Crippen LogP contribution >= 0.6 is 22.9 Å². The van der Waals surface area contributed by atoms with Gasteiger partial charge in [-0.1, -0.05) is 48.6 Å². The molecule has 0 unspecified atom stereocenters. The Kier molecular flexibility index (Phi) is 5.22. The second kappa shape index (κ2) is 7.78. The van der Waals surface area contributed by atoms with Crippen LogP contribution in [0.3, 0.4) is 0 Å². The molecule has 1 atom stereocenters. The molecule has 0 aliphatic carbocycles. The van der Waals surface area contributed by atoms with Gasteiger partial charge in [-0.2, -0.15) is 9.97 Å². The van der Waals surface area contributed by atoms with E-state index in [1.807, 2.05) is 37.3 Å². The zero-order valence-electron chi connectivity index (χ0n) is 15.0. The van der Waals surface area contributed by atoms with Crippen LogP contribution in [0.2, 0.25) is 5.28 Å². The van der Waals surface area contributed by atoms with Gasteiger partial charge in [0, 0.05) is 13.1 Å². The van der Waals surface area contributed by atoms with Crippen LogP contribution in [0.25, 0.3) is 10.3 Å². The summed E-state index contributed by atoms with van der Waals surface area (Å²) in [5, 5.41) is 4.08. The fourth-order valence-electron chi connectivity index (χ4n) is 3.37. The molecule has 0 saturated carbocycles. The first-order chi connectivity index (χ1) is 13.2. The fourth-order valence-corrected chi connectivity index (χ4v) is 4.70. The molecule has 1 saturated heterocycles. The van der Waals surface area contributed by atoms with E-state index in [9.17, 15) is 4.79 Å². The van der Waals surface area contributed by atoms with Gasteiger partial charge in [-0.05, 0) is 36.4 Å². The summed E-state index contributed by atoms with van der Waals surface area (Å²) >= 11 is 7.56. The highest BCUT2D eigenvalue weighted by atomic mass is 35.5. The number of fused-ring (bicyclic) bond motifs is 1. The van der Waals surface area contributed by atoms with Gasteiger partial charge in [-0.3, -0.25) is 4.79 Å². The van der Waals surface area contributed by atoms with Crippen molar-refractivity contribution >= 4 is 44.3 Å². The fraction of sp³-hybridized carbons (Fsp3) is 0.368. The lowest BCUT2D eigenvalue weighted by atomic mass is 10.2. The molecule has 8 heteroatoms. The minimum atomic E-state index is -0.206. The van der Waals surface area contributed by atoms with Gasteiger partial charge in [0.05, 0.1) is 10.4 Å². The molecule has 1 aliphatic rings. The van der Waals surface area contributed by atoms with E-state index in [0.717, 1.165) is 46.9 Å². The van der Waals surface area contributed by atoms with E-state index in [1.54, 1.807) is 11.3 Å². The van der Waals surface area contributed by atoms with E-state index in [2.05, 4.69) is 25.2 Å². The van der Waals surface area contributed by atoms with Crippen LogP contribution in [0.5, 0.6) is 0 Å². The normalized spacial score (nSPS) is 16.8. The molecular weight excluding hydrogens is 382 g/mol. The highest BCUT2D eigenvalue weighted by Crippen LogP contribution is 2.34. The second-order valence-electron chi connectivity index (χ2n) is 6.50. The van der Waals surface area contributed by atoms with Crippen molar-refractivity contribution < 1.29 is 4.79 Å². The maximum atomic E-state index is 12.8. The lowest BCUT2D eigenvalue weighted by Gasteiger charge is -2.23. The molecule has 1 N–H and O–H groups in total. The zero-order chi connectivity index (χ0) is 18.8. The first-order valence-corrected chi connectivity index (χ1v) is 10.3. The summed E-state index contributed by atoms with van der Waals surface area (Å²) in [6.45, 7) is 3.38. The second-order valence-corrected chi connectivity index (χ2v) is 7.81. The van der Waals surface area contributed by atoms with Gasteiger partial charge < -0.3 is 10.2 Å². The maximum absolute atomic E-state index is 12.8. The van der Waals surface area contributed by atoms with E-state index in [-0.39, 0.29) is 17.2 Å². The van der Waals surface area contributed by atoms with Crippen molar-refractivity contribution in [1.82, 2.24) is 20.3 Å². The highest BCUT2D eigenvalue weighted by molar-refractivity contribution is 7.22. The van der Waals surface area contributed by atoms with Crippen LogP contribution in [0, 0.1) is 0 Å². The molecule has 1 amide bonds. The number of nitrogens with one attached hydrogen (secondary N) is 1. The Hall–Kier alpha value is -2.25. The Labute approximate surface area is 166 Å². The number of amides is 1. The Morgan fingerprint density at radius 1 is 1.30 bits per heavy atom. The summed E-state index contributed by atoms with van der Waals surface area (Å²) in [5.74, 6) is 0.0374. The number of nitrogens with zero attached hydrogens (tertiary/aromatic N) is 4. The van der Waals surface area contributed by atoms with Crippen LogP contribution in [0.15, 0.2) is 30.3 Å². The topological polar surface area (TPSA) is 71.0 Å². The number of benzene rings is 1. The molecule has 1 fully saturated rings. The molecule has 1 aliphatic heterocycles. The molecule has 0 spiro atoms. The number of hydrogen-bond donors (Lipinski definition) is 1. The van der Waals surface area contributed by atoms with Gasteiger partial charge >= 0.3 is 0 Å². The molecule has 6 nitrogen and oxygen atoms in total. The number of halogens is 1. The zero-order valence-corrected chi connectivity index (χ0v) is 16.6. The Bertz CT molecular complexity index is 961. The number of rotatable bonds is 5. The molecule has 4 rings (SSSR count). The third kappa shape index (κ3) is 3.75. The minimum Gasteiger partial charge on any atom is -0.350 e. The van der Waals surface area contributed by atoms with Crippen molar-refractivity contribution in [2.24, 2.45) is 0 Å². The number of anilines is 1. The van der Waals surface area contributed by atoms with Gasteiger partial charge in [-0.25, -0.2) is 4.98 Å². The predicted octanol–water partition coefficient (Wildman–Crippen LogP) is 3.59. The van der Waals surface area contributed by atoms with Crippen LogP contribution in [-0.4, -0.2) is 33.4 Å². The minimum absolute atomic E-state index is 0.0374. The summed E-state index contributed by atoms with van der Waals surface area (Å²) in [7, 11) is 0. The summed E-state index contributed by atoms with van der Waals surface area (Å²) in [6, 6.07) is 9.73. The van der Waals surface area contributed by atoms with Gasteiger partial charge in [0.25, 0.3) is 0 Å². The third-order valence-corrected chi connectivity index (χ3v) is 6.03. The average Bonchev–Trinajstić information content (AvgIpc) is 3.32. The standard InChI is InChI=1S/C19H20ClN5OS/c1-2-13-15-16(23-18(20)22-13)24-19(27-15)25-10-6-9-14(25)17(26)21-11-12-7-4-3-5-8-12/h3-5,7-8,14H,2,6,9-11H2,1H3,(H,21,26)/t14-/m1/s1. The summed E-state index contributed by atoms with van der Waals surface area (Å²) in [4.78, 5) is 28.0. The first kappa shape index (κ1) is 18.1. The number of hydrogen-bond acceptors (Lipinski definition) is 6. The quantitative estimate of drug-likeness (QED) is 0.661. The average molecular weight is 402 g/mol.